The van der Waals surface area contributed by atoms with Crippen LogP contribution in [-0.2, 0) is 6.54 Å². The number of fused-ring (bicyclic) bond motifs is 1. The first-order chi connectivity index (χ1) is 15.2. The Kier molecular flexibility index (Phi) is 5.25. The summed E-state index contributed by atoms with van der Waals surface area (Å²) in [4.78, 5) is 12.0. The molecule has 9 nitrogen and oxygen atoms in total. The van der Waals surface area contributed by atoms with Crippen molar-refractivity contribution >= 4 is 17.5 Å². The fourth-order valence-electron chi connectivity index (χ4n) is 3.88. The van der Waals surface area contributed by atoms with Crippen LogP contribution < -0.4 is 15.5 Å². The van der Waals surface area contributed by atoms with Crippen molar-refractivity contribution < 1.29 is 0 Å². The second-order valence-electron chi connectivity index (χ2n) is 8.01. The normalized spacial score (nSPS) is 14.5. The molecule has 0 atom stereocenters. The van der Waals surface area contributed by atoms with Gasteiger partial charge in [-0.05, 0) is 23.6 Å². The fraction of sp³-hybridized carbons (Fsp3) is 0.364. The molecule has 0 radical (unpaired) electrons. The summed E-state index contributed by atoms with van der Waals surface area (Å²) in [6, 6.07) is 10.2. The molecule has 0 unspecified atom stereocenters. The minimum Gasteiger partial charge on any atom is -0.350 e. The first-order valence-corrected chi connectivity index (χ1v) is 10.7. The van der Waals surface area contributed by atoms with Gasteiger partial charge in [-0.25, -0.2) is 4.68 Å². The van der Waals surface area contributed by atoms with Crippen molar-refractivity contribution in [2.45, 2.75) is 26.3 Å². The van der Waals surface area contributed by atoms with E-state index in [9.17, 15) is 0 Å². The van der Waals surface area contributed by atoms with Crippen LogP contribution in [0, 0.1) is 0 Å². The standard InChI is InChI=1S/C22H27N9/c1-16(2)18-15-26-31-20(18)27-22(29-12-9-23-10-13-29)28-21(31)24-14-17-6-3-4-7-19(17)30-11-5-8-25-30/h3-8,11,15-16,23H,9-10,12-14H2,1-2H3,(H,24,27,28). The zero-order valence-corrected chi connectivity index (χ0v) is 17.9. The molecular formula is C22H27N9. The Labute approximate surface area is 181 Å². The fourth-order valence-corrected chi connectivity index (χ4v) is 3.88. The van der Waals surface area contributed by atoms with Gasteiger partial charge in [-0.2, -0.15) is 24.7 Å². The first-order valence-electron chi connectivity index (χ1n) is 10.7. The van der Waals surface area contributed by atoms with Crippen molar-refractivity contribution in [3.05, 3.63) is 60.0 Å². The minimum absolute atomic E-state index is 0.330. The quantitative estimate of drug-likeness (QED) is 0.498. The van der Waals surface area contributed by atoms with Gasteiger partial charge in [0.15, 0.2) is 5.65 Å². The Hall–Kier alpha value is -3.46. The Balaban J connectivity index is 1.51. The Morgan fingerprint density at radius 1 is 1.06 bits per heavy atom. The SMILES string of the molecule is CC(C)c1cnn2c(NCc3ccccc3-n3cccn3)nc(N3CCNCC3)nc12. The maximum atomic E-state index is 4.89. The van der Waals surface area contributed by atoms with Crippen LogP contribution in [0.4, 0.5) is 11.9 Å². The molecule has 160 valence electrons. The highest BCUT2D eigenvalue weighted by molar-refractivity contribution is 5.56. The number of benzene rings is 1. The molecule has 1 saturated heterocycles. The predicted molar refractivity (Wildman–Crippen MR) is 121 cm³/mol. The molecule has 0 amide bonds. The van der Waals surface area contributed by atoms with Crippen molar-refractivity contribution in [3.63, 3.8) is 0 Å². The molecule has 0 spiro atoms. The number of hydrogen-bond acceptors (Lipinski definition) is 7. The molecule has 31 heavy (non-hydrogen) atoms. The summed E-state index contributed by atoms with van der Waals surface area (Å²) in [5, 5.41) is 15.9. The lowest BCUT2D eigenvalue weighted by Crippen LogP contribution is -2.44. The van der Waals surface area contributed by atoms with E-state index in [0.717, 1.165) is 54.6 Å². The molecule has 3 aromatic heterocycles. The van der Waals surface area contributed by atoms with Crippen LogP contribution in [0.25, 0.3) is 11.3 Å². The van der Waals surface area contributed by atoms with Gasteiger partial charge in [-0.1, -0.05) is 32.0 Å². The van der Waals surface area contributed by atoms with E-state index in [2.05, 4.69) is 51.7 Å². The van der Waals surface area contributed by atoms with E-state index >= 15 is 0 Å². The number of hydrogen-bond donors (Lipinski definition) is 2. The Morgan fingerprint density at radius 2 is 1.90 bits per heavy atom. The molecule has 1 aromatic carbocycles. The molecule has 5 rings (SSSR count). The average molecular weight is 418 g/mol. The van der Waals surface area contributed by atoms with E-state index in [4.69, 9.17) is 9.97 Å². The summed E-state index contributed by atoms with van der Waals surface area (Å²) in [7, 11) is 0. The van der Waals surface area contributed by atoms with Gasteiger partial charge < -0.3 is 15.5 Å². The van der Waals surface area contributed by atoms with Crippen molar-refractivity contribution in [2.24, 2.45) is 0 Å². The Morgan fingerprint density at radius 3 is 2.68 bits per heavy atom. The van der Waals surface area contributed by atoms with Gasteiger partial charge in [0.1, 0.15) is 0 Å². The summed E-state index contributed by atoms with van der Waals surface area (Å²) in [5.74, 6) is 1.77. The summed E-state index contributed by atoms with van der Waals surface area (Å²) in [5.41, 5.74) is 4.15. The summed E-state index contributed by atoms with van der Waals surface area (Å²) in [6.45, 7) is 8.58. The first kappa shape index (κ1) is 19.5. The van der Waals surface area contributed by atoms with Crippen LogP contribution in [0.15, 0.2) is 48.9 Å². The number of nitrogens with one attached hydrogen (secondary N) is 2. The number of nitrogens with zero attached hydrogens (tertiary/aromatic N) is 7. The summed E-state index contributed by atoms with van der Waals surface area (Å²) < 4.78 is 3.70. The molecule has 1 fully saturated rings. The third-order valence-corrected chi connectivity index (χ3v) is 5.59. The van der Waals surface area contributed by atoms with Crippen LogP contribution in [0.3, 0.4) is 0 Å². The molecular weight excluding hydrogens is 390 g/mol. The van der Waals surface area contributed by atoms with Gasteiger partial charge in [0.05, 0.1) is 11.9 Å². The van der Waals surface area contributed by atoms with Crippen molar-refractivity contribution in [3.8, 4) is 5.69 Å². The average Bonchev–Trinajstić information content (AvgIpc) is 3.48. The topological polar surface area (TPSA) is 88.2 Å². The molecule has 0 aliphatic carbocycles. The third-order valence-electron chi connectivity index (χ3n) is 5.59. The minimum atomic E-state index is 0.330. The smallest absolute Gasteiger partial charge is 0.230 e. The maximum Gasteiger partial charge on any atom is 0.230 e. The second kappa shape index (κ2) is 8.35. The van der Waals surface area contributed by atoms with E-state index in [1.807, 2.05) is 39.8 Å². The van der Waals surface area contributed by atoms with E-state index in [0.29, 0.717) is 18.4 Å². The number of aromatic nitrogens is 6. The summed E-state index contributed by atoms with van der Waals surface area (Å²) in [6.07, 6.45) is 5.64. The van der Waals surface area contributed by atoms with Crippen LogP contribution in [0.2, 0.25) is 0 Å². The molecule has 4 aromatic rings. The molecule has 9 heteroatoms. The lowest BCUT2D eigenvalue weighted by atomic mass is 10.1. The van der Waals surface area contributed by atoms with Crippen LogP contribution in [0.5, 0.6) is 0 Å². The summed E-state index contributed by atoms with van der Waals surface area (Å²) >= 11 is 0. The molecule has 0 bridgehead atoms. The highest BCUT2D eigenvalue weighted by atomic mass is 15.4. The Bertz CT molecular complexity index is 1160. The molecule has 1 aliphatic rings. The largest absolute Gasteiger partial charge is 0.350 e. The number of rotatable bonds is 6. The van der Waals surface area contributed by atoms with E-state index in [-0.39, 0.29) is 0 Å². The van der Waals surface area contributed by atoms with Gasteiger partial charge in [0.2, 0.25) is 11.9 Å². The van der Waals surface area contributed by atoms with E-state index in [1.165, 1.54) is 0 Å². The lowest BCUT2D eigenvalue weighted by Gasteiger charge is -2.27. The number of para-hydroxylation sites is 1. The van der Waals surface area contributed by atoms with Crippen molar-refractivity contribution in [1.29, 1.82) is 0 Å². The van der Waals surface area contributed by atoms with E-state index in [1.54, 1.807) is 6.20 Å². The highest BCUT2D eigenvalue weighted by Gasteiger charge is 2.20. The number of piperazine rings is 1. The number of anilines is 2. The van der Waals surface area contributed by atoms with Gasteiger partial charge in [-0.3, -0.25) is 0 Å². The van der Waals surface area contributed by atoms with Crippen molar-refractivity contribution in [2.75, 3.05) is 36.4 Å². The second-order valence-corrected chi connectivity index (χ2v) is 8.01. The van der Waals surface area contributed by atoms with Crippen LogP contribution >= 0.6 is 0 Å². The van der Waals surface area contributed by atoms with Crippen LogP contribution in [-0.4, -0.2) is 55.5 Å². The van der Waals surface area contributed by atoms with Gasteiger partial charge in [0, 0.05) is 50.7 Å². The monoisotopic (exact) mass is 417 g/mol. The lowest BCUT2D eigenvalue weighted by molar-refractivity contribution is 0.579. The zero-order chi connectivity index (χ0) is 21.2. The van der Waals surface area contributed by atoms with Crippen LogP contribution in [0.1, 0.15) is 30.9 Å². The van der Waals surface area contributed by atoms with E-state index < -0.39 is 0 Å². The van der Waals surface area contributed by atoms with Gasteiger partial charge in [-0.15, -0.1) is 0 Å². The highest BCUT2D eigenvalue weighted by Crippen LogP contribution is 2.24. The van der Waals surface area contributed by atoms with Crippen molar-refractivity contribution in [1.82, 2.24) is 34.7 Å². The molecule has 4 heterocycles. The van der Waals surface area contributed by atoms with Gasteiger partial charge in [0.25, 0.3) is 0 Å². The third kappa shape index (κ3) is 3.84. The predicted octanol–water partition coefficient (Wildman–Crippen LogP) is 2.46. The molecule has 2 N–H and O–H groups in total. The molecule has 0 saturated carbocycles. The zero-order valence-electron chi connectivity index (χ0n) is 17.9. The maximum absolute atomic E-state index is 4.89. The van der Waals surface area contributed by atoms with Gasteiger partial charge >= 0.3 is 0 Å². The molecule has 1 aliphatic heterocycles.